The molecule has 0 saturated heterocycles. The van der Waals surface area contributed by atoms with Crippen LogP contribution in [0.25, 0.3) is 0 Å². The van der Waals surface area contributed by atoms with Crippen molar-refractivity contribution in [3.8, 4) is 0 Å². The third-order valence-electron chi connectivity index (χ3n) is 1.84. The number of benzene rings is 1. The summed E-state index contributed by atoms with van der Waals surface area (Å²) in [6, 6.07) is 7.55. The van der Waals surface area contributed by atoms with Crippen molar-refractivity contribution in [1.82, 2.24) is 4.72 Å². The Bertz CT molecular complexity index is 526. The van der Waals surface area contributed by atoms with Crippen molar-refractivity contribution >= 4 is 21.9 Å². The number of hydrogen-bond donors (Lipinski definition) is 2. The van der Waals surface area contributed by atoms with Crippen LogP contribution in [0.15, 0.2) is 35.2 Å². The molecule has 1 rings (SSSR count). The summed E-state index contributed by atoms with van der Waals surface area (Å²) >= 11 is 0. The molecule has 18 heavy (non-hydrogen) atoms. The maximum atomic E-state index is 11.7. The van der Waals surface area contributed by atoms with Crippen LogP contribution in [0.4, 0.5) is 0 Å². The van der Waals surface area contributed by atoms with E-state index in [0.29, 0.717) is 0 Å². The number of ether oxygens (including phenoxy) is 1. The highest BCUT2D eigenvalue weighted by Crippen LogP contribution is 2.06. The number of carbonyl (C=O) groups excluding carboxylic acids is 2. The molecule has 0 fully saturated rings. The fourth-order valence-electron chi connectivity index (χ4n) is 1.04. The Morgan fingerprint density at radius 3 is 2.39 bits per heavy atom. The maximum Gasteiger partial charge on any atom is 0.321 e. The number of sulfonamides is 1. The third kappa shape index (κ3) is 4.52. The second-order valence-electron chi connectivity index (χ2n) is 3.26. The number of carbonyl (C=O) groups is 2. The van der Waals surface area contributed by atoms with E-state index >= 15 is 0 Å². The zero-order chi connectivity index (χ0) is 13.6. The second-order valence-corrected chi connectivity index (χ2v) is 5.03. The molecule has 0 radical (unpaired) electrons. The van der Waals surface area contributed by atoms with Crippen molar-refractivity contribution in [2.45, 2.75) is 4.90 Å². The molecule has 0 aromatic heterocycles. The Balaban J connectivity index is 2.53. The second kappa shape index (κ2) is 6.12. The minimum absolute atomic E-state index is 0.0349. The number of nitrogens with two attached hydrogens (primary N) is 1. The molecule has 0 aliphatic heterocycles. The van der Waals surface area contributed by atoms with E-state index in [1.807, 2.05) is 4.72 Å². The highest BCUT2D eigenvalue weighted by molar-refractivity contribution is 7.89. The number of amides is 1. The van der Waals surface area contributed by atoms with E-state index < -0.39 is 35.1 Å². The predicted molar refractivity (Wildman–Crippen MR) is 61.8 cm³/mol. The Labute approximate surface area is 104 Å². The van der Waals surface area contributed by atoms with Gasteiger partial charge in [0.25, 0.3) is 5.91 Å². The van der Waals surface area contributed by atoms with E-state index in [2.05, 4.69) is 4.74 Å². The summed E-state index contributed by atoms with van der Waals surface area (Å²) in [6.45, 7) is -1.14. The summed E-state index contributed by atoms with van der Waals surface area (Å²) in [5, 5.41) is 0. The van der Waals surface area contributed by atoms with Crippen LogP contribution in [0.2, 0.25) is 0 Å². The lowest BCUT2D eigenvalue weighted by atomic mass is 10.4. The van der Waals surface area contributed by atoms with Crippen molar-refractivity contribution in [2.75, 3.05) is 13.2 Å². The van der Waals surface area contributed by atoms with Crippen LogP contribution in [0.1, 0.15) is 0 Å². The minimum atomic E-state index is -3.76. The third-order valence-corrected chi connectivity index (χ3v) is 3.25. The summed E-state index contributed by atoms with van der Waals surface area (Å²) < 4.78 is 29.8. The van der Waals surface area contributed by atoms with E-state index in [-0.39, 0.29) is 4.90 Å². The largest absolute Gasteiger partial charge is 0.455 e. The van der Waals surface area contributed by atoms with Gasteiger partial charge in [-0.1, -0.05) is 18.2 Å². The number of hydrogen-bond acceptors (Lipinski definition) is 5. The van der Waals surface area contributed by atoms with E-state index in [1.54, 1.807) is 18.2 Å². The molecular weight excluding hydrogens is 260 g/mol. The Hall–Kier alpha value is -1.93. The van der Waals surface area contributed by atoms with Gasteiger partial charge in [0.15, 0.2) is 6.61 Å². The molecule has 7 nitrogen and oxygen atoms in total. The molecule has 0 aliphatic rings. The summed E-state index contributed by atoms with van der Waals surface area (Å²) in [5.41, 5.74) is 4.76. The lowest BCUT2D eigenvalue weighted by molar-refractivity contribution is -0.146. The highest BCUT2D eigenvalue weighted by atomic mass is 32.2. The van der Waals surface area contributed by atoms with E-state index in [4.69, 9.17) is 5.73 Å². The Morgan fingerprint density at radius 1 is 1.22 bits per heavy atom. The number of esters is 1. The fourth-order valence-corrected chi connectivity index (χ4v) is 2.03. The van der Waals surface area contributed by atoms with Gasteiger partial charge < -0.3 is 10.5 Å². The van der Waals surface area contributed by atoms with Crippen LogP contribution in [0.5, 0.6) is 0 Å². The summed E-state index contributed by atoms with van der Waals surface area (Å²) in [6.07, 6.45) is 0. The topological polar surface area (TPSA) is 116 Å². The van der Waals surface area contributed by atoms with Gasteiger partial charge in [0.1, 0.15) is 6.54 Å². The average Bonchev–Trinajstić information content (AvgIpc) is 2.35. The van der Waals surface area contributed by atoms with Gasteiger partial charge >= 0.3 is 5.97 Å². The lowest BCUT2D eigenvalue weighted by Crippen LogP contribution is -2.32. The van der Waals surface area contributed by atoms with Gasteiger partial charge in [0.2, 0.25) is 10.0 Å². The number of nitrogens with one attached hydrogen (secondary N) is 1. The van der Waals surface area contributed by atoms with Crippen molar-refractivity contribution < 1.29 is 22.7 Å². The van der Waals surface area contributed by atoms with Gasteiger partial charge in [-0.25, -0.2) is 8.42 Å². The summed E-state index contributed by atoms with van der Waals surface area (Å²) in [7, 11) is -3.76. The van der Waals surface area contributed by atoms with Crippen LogP contribution in [0, 0.1) is 0 Å². The molecule has 8 heteroatoms. The zero-order valence-corrected chi connectivity index (χ0v) is 10.1. The molecule has 0 aliphatic carbocycles. The quantitative estimate of drug-likeness (QED) is 0.644. The van der Waals surface area contributed by atoms with Crippen molar-refractivity contribution in [1.29, 1.82) is 0 Å². The van der Waals surface area contributed by atoms with Crippen molar-refractivity contribution in [3.63, 3.8) is 0 Å². The minimum Gasteiger partial charge on any atom is -0.455 e. The molecule has 0 unspecified atom stereocenters. The molecule has 1 aromatic carbocycles. The molecular formula is C10H12N2O5S. The molecule has 98 valence electrons. The molecule has 1 amide bonds. The van der Waals surface area contributed by atoms with Gasteiger partial charge in [-0.3, -0.25) is 9.59 Å². The normalized spacial score (nSPS) is 10.9. The number of primary amides is 1. The van der Waals surface area contributed by atoms with Gasteiger partial charge in [0, 0.05) is 0 Å². The van der Waals surface area contributed by atoms with Crippen molar-refractivity contribution in [3.05, 3.63) is 30.3 Å². The summed E-state index contributed by atoms with van der Waals surface area (Å²) in [4.78, 5) is 21.4. The highest BCUT2D eigenvalue weighted by Gasteiger charge is 2.15. The monoisotopic (exact) mass is 272 g/mol. The summed E-state index contributed by atoms with van der Waals surface area (Å²) in [5.74, 6) is -1.69. The molecule has 0 spiro atoms. The first-order valence-electron chi connectivity index (χ1n) is 4.90. The molecule has 0 atom stereocenters. The molecule has 0 saturated carbocycles. The van der Waals surface area contributed by atoms with E-state index in [9.17, 15) is 18.0 Å². The molecule has 0 bridgehead atoms. The van der Waals surface area contributed by atoms with Gasteiger partial charge in [-0.05, 0) is 12.1 Å². The first kappa shape index (κ1) is 14.1. The number of rotatable bonds is 6. The Kier molecular flexibility index (Phi) is 4.81. The maximum absolute atomic E-state index is 11.7. The van der Waals surface area contributed by atoms with Crippen LogP contribution in [0.3, 0.4) is 0 Å². The van der Waals surface area contributed by atoms with Crippen LogP contribution in [-0.2, 0) is 24.3 Å². The first-order valence-corrected chi connectivity index (χ1v) is 6.39. The first-order chi connectivity index (χ1) is 8.42. The van der Waals surface area contributed by atoms with Crippen LogP contribution in [-0.4, -0.2) is 33.4 Å². The van der Waals surface area contributed by atoms with E-state index in [0.717, 1.165) is 0 Å². The predicted octanol–water partition coefficient (Wildman–Crippen LogP) is -1.01. The lowest BCUT2D eigenvalue weighted by Gasteiger charge is -2.06. The van der Waals surface area contributed by atoms with Gasteiger partial charge in [-0.2, -0.15) is 4.72 Å². The SMILES string of the molecule is NC(=O)COC(=O)CNS(=O)(=O)c1ccccc1. The fraction of sp³-hybridized carbons (Fsp3) is 0.200. The zero-order valence-electron chi connectivity index (χ0n) is 9.33. The molecule has 1 aromatic rings. The van der Waals surface area contributed by atoms with Crippen molar-refractivity contribution in [2.24, 2.45) is 5.73 Å². The average molecular weight is 272 g/mol. The molecule has 0 heterocycles. The smallest absolute Gasteiger partial charge is 0.321 e. The standard InChI is InChI=1S/C10H12N2O5S/c11-9(13)7-17-10(14)6-12-18(15,16)8-4-2-1-3-5-8/h1-5,12H,6-7H2,(H2,11,13). The van der Waals surface area contributed by atoms with Gasteiger partial charge in [0.05, 0.1) is 4.90 Å². The van der Waals surface area contributed by atoms with Crippen LogP contribution >= 0.6 is 0 Å². The molecule has 3 N–H and O–H groups in total. The van der Waals surface area contributed by atoms with E-state index in [1.165, 1.54) is 12.1 Å². The van der Waals surface area contributed by atoms with Gasteiger partial charge in [-0.15, -0.1) is 0 Å². The Morgan fingerprint density at radius 2 is 1.83 bits per heavy atom. The van der Waals surface area contributed by atoms with Crippen LogP contribution < -0.4 is 10.5 Å².